The van der Waals surface area contributed by atoms with E-state index in [9.17, 15) is 9.18 Å². The summed E-state index contributed by atoms with van der Waals surface area (Å²) in [6, 6.07) is 12.2. The number of nitriles is 2. The molecule has 25 heavy (non-hydrogen) atoms. The van der Waals surface area contributed by atoms with Gasteiger partial charge in [-0.15, -0.1) is 0 Å². The lowest BCUT2D eigenvalue weighted by Crippen LogP contribution is -2.19. The molecule has 0 aliphatic carbocycles. The number of nitrogens with zero attached hydrogens (tertiary/aromatic N) is 3. The highest BCUT2D eigenvalue weighted by Gasteiger charge is 2.11. The van der Waals surface area contributed by atoms with E-state index in [-0.39, 0.29) is 17.7 Å². The molecule has 0 fully saturated rings. The van der Waals surface area contributed by atoms with E-state index >= 15 is 0 Å². The van der Waals surface area contributed by atoms with E-state index in [4.69, 9.17) is 15.3 Å². The standard InChI is InChI=1S/C17H10BrFN4O2/c18-13-2-4-16(25-6-5-20)12(8-13)10-22-23-17(24)14-3-1-11(9-21)7-15(14)19/h1-4,7-8,10H,6H2,(H,23,24)/b22-10-. The third kappa shape index (κ3) is 4.87. The van der Waals surface area contributed by atoms with Gasteiger partial charge in [-0.25, -0.2) is 9.82 Å². The van der Waals surface area contributed by atoms with Gasteiger partial charge in [0.1, 0.15) is 17.6 Å². The molecule has 0 aliphatic rings. The van der Waals surface area contributed by atoms with Crippen LogP contribution in [0.3, 0.4) is 0 Å². The molecule has 124 valence electrons. The number of benzene rings is 2. The zero-order valence-electron chi connectivity index (χ0n) is 12.7. The Morgan fingerprint density at radius 3 is 2.80 bits per heavy atom. The highest BCUT2D eigenvalue weighted by Crippen LogP contribution is 2.21. The van der Waals surface area contributed by atoms with Crippen LogP contribution in [0.1, 0.15) is 21.5 Å². The molecule has 0 unspecified atom stereocenters. The first kappa shape index (κ1) is 18.1. The van der Waals surface area contributed by atoms with Gasteiger partial charge in [0, 0.05) is 10.0 Å². The number of hydrogen-bond acceptors (Lipinski definition) is 5. The SMILES string of the molecule is N#CCOc1ccc(Br)cc1/C=N\NC(=O)c1ccc(C#N)cc1F. The van der Waals surface area contributed by atoms with Gasteiger partial charge in [-0.05, 0) is 36.4 Å². The van der Waals surface area contributed by atoms with Crippen molar-refractivity contribution < 1.29 is 13.9 Å². The number of ether oxygens (including phenoxy) is 1. The molecule has 8 heteroatoms. The van der Waals surface area contributed by atoms with Gasteiger partial charge in [0.15, 0.2) is 6.61 Å². The molecule has 0 aliphatic heterocycles. The van der Waals surface area contributed by atoms with Gasteiger partial charge in [-0.3, -0.25) is 4.79 Å². The lowest BCUT2D eigenvalue weighted by atomic mass is 10.1. The largest absolute Gasteiger partial charge is 0.478 e. The lowest BCUT2D eigenvalue weighted by Gasteiger charge is -2.06. The van der Waals surface area contributed by atoms with Crippen LogP contribution in [0.15, 0.2) is 46.0 Å². The van der Waals surface area contributed by atoms with Crippen LogP contribution in [0, 0.1) is 28.5 Å². The maximum absolute atomic E-state index is 13.8. The number of hydrogen-bond donors (Lipinski definition) is 1. The number of carbonyl (C=O) groups excluding carboxylic acids is 1. The Kier molecular flexibility index (Phi) is 6.21. The van der Waals surface area contributed by atoms with Gasteiger partial charge in [-0.2, -0.15) is 15.6 Å². The van der Waals surface area contributed by atoms with E-state index < -0.39 is 11.7 Å². The molecule has 0 radical (unpaired) electrons. The molecule has 0 bridgehead atoms. The summed E-state index contributed by atoms with van der Waals surface area (Å²) in [5.74, 6) is -1.16. The molecule has 0 aromatic heterocycles. The monoisotopic (exact) mass is 400 g/mol. The van der Waals surface area contributed by atoms with E-state index in [0.717, 1.165) is 10.5 Å². The third-order valence-corrected chi connectivity index (χ3v) is 3.47. The van der Waals surface area contributed by atoms with Crippen LogP contribution in [0.5, 0.6) is 5.75 Å². The molecule has 0 saturated heterocycles. The van der Waals surface area contributed by atoms with Crippen molar-refractivity contribution in [3.05, 3.63) is 63.4 Å². The summed E-state index contributed by atoms with van der Waals surface area (Å²) in [5.41, 5.74) is 2.61. The Bertz CT molecular complexity index is 916. The summed E-state index contributed by atoms with van der Waals surface area (Å²) in [6.07, 6.45) is 1.32. The summed E-state index contributed by atoms with van der Waals surface area (Å²) >= 11 is 3.30. The Morgan fingerprint density at radius 1 is 1.32 bits per heavy atom. The van der Waals surface area contributed by atoms with E-state index in [1.807, 2.05) is 6.07 Å². The minimum absolute atomic E-state index is 0.117. The molecular formula is C17H10BrFN4O2. The summed E-state index contributed by atoms with van der Waals surface area (Å²) in [4.78, 5) is 11.9. The molecule has 0 saturated carbocycles. The van der Waals surface area contributed by atoms with Gasteiger partial charge in [0.05, 0.1) is 23.4 Å². The Labute approximate surface area is 151 Å². The molecule has 2 aromatic rings. The van der Waals surface area contributed by atoms with E-state index in [0.29, 0.717) is 11.3 Å². The number of nitrogens with one attached hydrogen (secondary N) is 1. The maximum atomic E-state index is 13.8. The van der Waals surface area contributed by atoms with Gasteiger partial charge in [0.25, 0.3) is 5.91 Å². The van der Waals surface area contributed by atoms with Crippen LogP contribution < -0.4 is 10.2 Å². The number of rotatable bonds is 5. The number of amides is 1. The quantitative estimate of drug-likeness (QED) is 0.615. The van der Waals surface area contributed by atoms with Crippen LogP contribution in [0.4, 0.5) is 4.39 Å². The van der Waals surface area contributed by atoms with Crippen molar-refractivity contribution in [2.75, 3.05) is 6.61 Å². The fraction of sp³-hybridized carbons (Fsp3) is 0.0588. The molecule has 6 nitrogen and oxygen atoms in total. The third-order valence-electron chi connectivity index (χ3n) is 2.98. The molecular weight excluding hydrogens is 391 g/mol. The summed E-state index contributed by atoms with van der Waals surface area (Å²) in [7, 11) is 0. The van der Waals surface area contributed by atoms with Crippen molar-refractivity contribution in [3.63, 3.8) is 0 Å². The second kappa shape index (κ2) is 8.57. The smallest absolute Gasteiger partial charge is 0.274 e. The van der Waals surface area contributed by atoms with E-state index in [1.165, 1.54) is 18.3 Å². The fourth-order valence-corrected chi connectivity index (χ4v) is 2.23. The average molecular weight is 401 g/mol. The normalized spacial score (nSPS) is 10.1. The van der Waals surface area contributed by atoms with Crippen molar-refractivity contribution in [2.45, 2.75) is 0 Å². The molecule has 1 amide bonds. The predicted octanol–water partition coefficient (Wildman–Crippen LogP) is 3.13. The van der Waals surface area contributed by atoms with E-state index in [2.05, 4.69) is 26.5 Å². The zero-order chi connectivity index (χ0) is 18.2. The van der Waals surface area contributed by atoms with Gasteiger partial charge >= 0.3 is 0 Å². The number of hydrazone groups is 1. The number of halogens is 2. The molecule has 2 rings (SSSR count). The Hall–Kier alpha value is -3.23. The fourth-order valence-electron chi connectivity index (χ4n) is 1.85. The molecule has 0 heterocycles. The maximum Gasteiger partial charge on any atom is 0.274 e. The first-order valence-electron chi connectivity index (χ1n) is 6.87. The van der Waals surface area contributed by atoms with Gasteiger partial charge in [-0.1, -0.05) is 15.9 Å². The van der Waals surface area contributed by atoms with Crippen LogP contribution in [0.25, 0.3) is 0 Å². The molecule has 0 atom stereocenters. The average Bonchev–Trinajstić information content (AvgIpc) is 2.60. The topological polar surface area (TPSA) is 98.3 Å². The highest BCUT2D eigenvalue weighted by molar-refractivity contribution is 9.10. The van der Waals surface area contributed by atoms with Crippen LogP contribution in [0.2, 0.25) is 0 Å². The molecule has 2 aromatic carbocycles. The van der Waals surface area contributed by atoms with Crippen molar-refractivity contribution in [1.29, 1.82) is 10.5 Å². The molecule has 1 N–H and O–H groups in total. The minimum atomic E-state index is -0.813. The summed E-state index contributed by atoms with van der Waals surface area (Å²) in [6.45, 7) is -0.134. The number of carbonyl (C=O) groups is 1. The Morgan fingerprint density at radius 2 is 2.12 bits per heavy atom. The summed E-state index contributed by atoms with van der Waals surface area (Å²) in [5, 5.41) is 21.0. The summed E-state index contributed by atoms with van der Waals surface area (Å²) < 4.78 is 19.8. The Balaban J connectivity index is 2.13. The van der Waals surface area contributed by atoms with Crippen molar-refractivity contribution >= 4 is 28.1 Å². The lowest BCUT2D eigenvalue weighted by molar-refractivity contribution is 0.0951. The van der Waals surface area contributed by atoms with E-state index in [1.54, 1.807) is 24.3 Å². The van der Waals surface area contributed by atoms with Crippen LogP contribution in [-0.2, 0) is 0 Å². The van der Waals surface area contributed by atoms with Gasteiger partial charge < -0.3 is 4.74 Å². The van der Waals surface area contributed by atoms with Crippen molar-refractivity contribution in [1.82, 2.24) is 5.43 Å². The first-order chi connectivity index (χ1) is 12.0. The highest BCUT2D eigenvalue weighted by atomic mass is 79.9. The molecule has 0 spiro atoms. The minimum Gasteiger partial charge on any atom is -0.478 e. The second-order valence-electron chi connectivity index (χ2n) is 4.63. The second-order valence-corrected chi connectivity index (χ2v) is 5.55. The predicted molar refractivity (Wildman–Crippen MR) is 91.4 cm³/mol. The van der Waals surface area contributed by atoms with Crippen LogP contribution >= 0.6 is 15.9 Å². The van der Waals surface area contributed by atoms with Gasteiger partial charge in [0.2, 0.25) is 0 Å². The van der Waals surface area contributed by atoms with Crippen molar-refractivity contribution in [2.24, 2.45) is 5.10 Å². The zero-order valence-corrected chi connectivity index (χ0v) is 14.2. The van der Waals surface area contributed by atoms with Crippen molar-refractivity contribution in [3.8, 4) is 17.9 Å². The first-order valence-corrected chi connectivity index (χ1v) is 7.67. The van der Waals surface area contributed by atoms with Crippen LogP contribution in [-0.4, -0.2) is 18.7 Å².